The van der Waals surface area contributed by atoms with Crippen molar-refractivity contribution in [2.75, 3.05) is 46.4 Å². The van der Waals surface area contributed by atoms with Crippen molar-refractivity contribution in [3.8, 4) is 5.75 Å². The molecule has 0 amide bonds. The van der Waals surface area contributed by atoms with E-state index in [9.17, 15) is 0 Å². The smallest absolute Gasteiger partial charge is 0.122 e. The summed E-state index contributed by atoms with van der Waals surface area (Å²) in [5.41, 5.74) is 1.30. The highest BCUT2D eigenvalue weighted by Crippen LogP contribution is 2.18. The molecule has 0 saturated carbocycles. The molecule has 0 unspecified atom stereocenters. The lowest BCUT2D eigenvalue weighted by Crippen LogP contribution is -2.45. The van der Waals surface area contributed by atoms with E-state index in [-0.39, 0.29) is 0 Å². The van der Waals surface area contributed by atoms with Gasteiger partial charge in [-0.3, -0.25) is 4.90 Å². The van der Waals surface area contributed by atoms with Crippen molar-refractivity contribution in [3.05, 3.63) is 29.8 Å². The molecule has 0 aromatic heterocycles. The van der Waals surface area contributed by atoms with E-state index in [2.05, 4.69) is 42.0 Å². The van der Waals surface area contributed by atoms with Crippen LogP contribution < -0.4 is 4.74 Å². The van der Waals surface area contributed by atoms with Gasteiger partial charge in [-0.05, 0) is 25.1 Å². The molecule has 0 N–H and O–H groups in total. The largest absolute Gasteiger partial charge is 0.492 e. The van der Waals surface area contributed by atoms with Gasteiger partial charge in [0.05, 0.1) is 0 Å². The fraction of sp³-hybridized carbons (Fsp3) is 0.600. The zero-order chi connectivity index (χ0) is 12.8. The third-order valence-corrected chi connectivity index (χ3v) is 3.61. The number of nitrogens with zero attached hydrogens (tertiary/aromatic N) is 2. The lowest BCUT2D eigenvalue weighted by molar-refractivity contribution is 0.133. The minimum atomic E-state index is 0.792. The number of hydrogen-bond acceptors (Lipinski definition) is 3. The normalized spacial score (nSPS) is 17.9. The fourth-order valence-corrected chi connectivity index (χ4v) is 2.29. The SMILES string of the molecule is CCc1ccccc1OCCN1CCN(C)CC1. The van der Waals surface area contributed by atoms with E-state index in [1.807, 2.05) is 6.07 Å². The molecule has 0 bridgehead atoms. The van der Waals surface area contributed by atoms with Crippen molar-refractivity contribution >= 4 is 0 Å². The maximum absolute atomic E-state index is 5.90. The van der Waals surface area contributed by atoms with Crippen molar-refractivity contribution in [3.63, 3.8) is 0 Å². The van der Waals surface area contributed by atoms with Crippen LogP contribution in [0.3, 0.4) is 0 Å². The number of para-hydroxylation sites is 1. The first kappa shape index (κ1) is 13.4. The average molecular weight is 248 g/mol. The van der Waals surface area contributed by atoms with Crippen LogP contribution in [0.4, 0.5) is 0 Å². The molecule has 1 heterocycles. The standard InChI is InChI=1S/C15H24N2O/c1-3-14-6-4-5-7-15(14)18-13-12-17-10-8-16(2)9-11-17/h4-7H,3,8-13H2,1-2H3. The first-order chi connectivity index (χ1) is 8.79. The molecule has 1 saturated heterocycles. The van der Waals surface area contributed by atoms with Crippen LogP contribution in [-0.4, -0.2) is 56.2 Å². The molecular formula is C15H24N2O. The summed E-state index contributed by atoms with van der Waals surface area (Å²) < 4.78 is 5.90. The van der Waals surface area contributed by atoms with E-state index in [1.54, 1.807) is 0 Å². The number of piperazine rings is 1. The number of ether oxygens (including phenoxy) is 1. The monoisotopic (exact) mass is 248 g/mol. The van der Waals surface area contributed by atoms with Gasteiger partial charge in [-0.15, -0.1) is 0 Å². The van der Waals surface area contributed by atoms with Crippen LogP contribution in [0.5, 0.6) is 5.75 Å². The van der Waals surface area contributed by atoms with E-state index in [0.717, 1.165) is 38.4 Å². The predicted octanol–water partition coefficient (Wildman–Crippen LogP) is 1.88. The fourth-order valence-electron chi connectivity index (χ4n) is 2.29. The molecule has 1 aromatic carbocycles. The summed E-state index contributed by atoms with van der Waals surface area (Å²) >= 11 is 0. The molecular weight excluding hydrogens is 224 g/mol. The molecule has 1 fully saturated rings. The van der Waals surface area contributed by atoms with Gasteiger partial charge in [0.25, 0.3) is 0 Å². The quantitative estimate of drug-likeness (QED) is 0.791. The third-order valence-electron chi connectivity index (χ3n) is 3.61. The van der Waals surface area contributed by atoms with Gasteiger partial charge in [-0.25, -0.2) is 0 Å². The molecule has 100 valence electrons. The third kappa shape index (κ3) is 3.72. The lowest BCUT2D eigenvalue weighted by Gasteiger charge is -2.32. The highest BCUT2D eigenvalue weighted by Gasteiger charge is 2.13. The van der Waals surface area contributed by atoms with E-state index in [1.165, 1.54) is 18.7 Å². The van der Waals surface area contributed by atoms with E-state index in [0.29, 0.717) is 0 Å². The molecule has 3 nitrogen and oxygen atoms in total. The van der Waals surface area contributed by atoms with Crippen LogP contribution in [-0.2, 0) is 6.42 Å². The number of aryl methyl sites for hydroxylation is 1. The van der Waals surface area contributed by atoms with Crippen LogP contribution in [0.25, 0.3) is 0 Å². The van der Waals surface area contributed by atoms with Crippen molar-refractivity contribution < 1.29 is 4.74 Å². The zero-order valence-corrected chi connectivity index (χ0v) is 11.6. The van der Waals surface area contributed by atoms with E-state index in [4.69, 9.17) is 4.74 Å². The first-order valence-electron chi connectivity index (χ1n) is 6.91. The van der Waals surface area contributed by atoms with Gasteiger partial charge in [0.1, 0.15) is 12.4 Å². The Bertz CT molecular complexity index is 359. The highest BCUT2D eigenvalue weighted by molar-refractivity contribution is 5.33. The van der Waals surface area contributed by atoms with Crippen LogP contribution in [0, 0.1) is 0 Å². The second kappa shape index (κ2) is 6.76. The maximum atomic E-state index is 5.90. The highest BCUT2D eigenvalue weighted by atomic mass is 16.5. The summed E-state index contributed by atoms with van der Waals surface area (Å²) in [6, 6.07) is 8.34. The van der Waals surface area contributed by atoms with Crippen molar-refractivity contribution in [1.29, 1.82) is 0 Å². The molecule has 2 rings (SSSR count). The Morgan fingerprint density at radius 3 is 2.56 bits per heavy atom. The van der Waals surface area contributed by atoms with Crippen LogP contribution in [0.15, 0.2) is 24.3 Å². The molecule has 1 aliphatic heterocycles. The van der Waals surface area contributed by atoms with Gasteiger partial charge in [-0.1, -0.05) is 25.1 Å². The van der Waals surface area contributed by atoms with Gasteiger partial charge >= 0.3 is 0 Å². The molecule has 0 atom stereocenters. The predicted molar refractivity (Wildman–Crippen MR) is 75.3 cm³/mol. The summed E-state index contributed by atoms with van der Waals surface area (Å²) in [6.45, 7) is 8.66. The molecule has 1 aliphatic rings. The van der Waals surface area contributed by atoms with Crippen molar-refractivity contribution in [2.45, 2.75) is 13.3 Å². The van der Waals surface area contributed by atoms with Gasteiger partial charge in [-0.2, -0.15) is 0 Å². The van der Waals surface area contributed by atoms with E-state index >= 15 is 0 Å². The maximum Gasteiger partial charge on any atom is 0.122 e. The molecule has 18 heavy (non-hydrogen) atoms. The van der Waals surface area contributed by atoms with Crippen LogP contribution in [0.1, 0.15) is 12.5 Å². The summed E-state index contributed by atoms with van der Waals surface area (Å²) in [7, 11) is 2.19. The van der Waals surface area contributed by atoms with Gasteiger partial charge in [0.15, 0.2) is 0 Å². The summed E-state index contributed by atoms with van der Waals surface area (Å²) in [4.78, 5) is 4.86. The molecule has 0 aliphatic carbocycles. The molecule has 3 heteroatoms. The Hall–Kier alpha value is -1.06. The minimum absolute atomic E-state index is 0.792. The van der Waals surface area contributed by atoms with Crippen molar-refractivity contribution in [2.24, 2.45) is 0 Å². The Balaban J connectivity index is 1.75. The molecule has 0 spiro atoms. The number of rotatable bonds is 5. The molecule has 1 aromatic rings. The number of hydrogen-bond donors (Lipinski definition) is 0. The van der Waals surface area contributed by atoms with Crippen LogP contribution >= 0.6 is 0 Å². The Labute approximate surface area is 110 Å². The summed E-state index contributed by atoms with van der Waals surface area (Å²) in [5, 5.41) is 0. The minimum Gasteiger partial charge on any atom is -0.492 e. The Morgan fingerprint density at radius 1 is 1.11 bits per heavy atom. The number of likely N-dealkylation sites (N-methyl/N-ethyl adjacent to an activating group) is 1. The van der Waals surface area contributed by atoms with Gasteiger partial charge < -0.3 is 9.64 Å². The number of benzene rings is 1. The second-order valence-corrected chi connectivity index (χ2v) is 4.95. The molecule has 0 radical (unpaired) electrons. The second-order valence-electron chi connectivity index (χ2n) is 4.95. The average Bonchev–Trinajstić information content (AvgIpc) is 2.41. The lowest BCUT2D eigenvalue weighted by atomic mass is 10.1. The topological polar surface area (TPSA) is 15.7 Å². The van der Waals surface area contributed by atoms with Gasteiger partial charge in [0, 0.05) is 32.7 Å². The first-order valence-corrected chi connectivity index (χ1v) is 6.91. The van der Waals surface area contributed by atoms with Gasteiger partial charge in [0.2, 0.25) is 0 Å². The van der Waals surface area contributed by atoms with Crippen molar-refractivity contribution in [1.82, 2.24) is 9.80 Å². The Morgan fingerprint density at radius 2 is 1.83 bits per heavy atom. The van der Waals surface area contributed by atoms with E-state index < -0.39 is 0 Å². The Kier molecular flexibility index (Phi) is 5.02. The summed E-state index contributed by atoms with van der Waals surface area (Å²) in [5.74, 6) is 1.05. The summed E-state index contributed by atoms with van der Waals surface area (Å²) in [6.07, 6.45) is 1.03. The van der Waals surface area contributed by atoms with Crippen LogP contribution in [0.2, 0.25) is 0 Å². The zero-order valence-electron chi connectivity index (χ0n) is 11.6.